The predicted molar refractivity (Wildman–Crippen MR) is 61.5 cm³/mol. The van der Waals surface area contributed by atoms with Crippen LogP contribution in [0, 0.1) is 15.5 Å². The van der Waals surface area contributed by atoms with E-state index in [1.165, 1.54) is 5.01 Å². The molecule has 0 amide bonds. The fourth-order valence-electron chi connectivity index (χ4n) is 1.16. The van der Waals surface area contributed by atoms with E-state index in [4.69, 9.17) is 0 Å². The summed E-state index contributed by atoms with van der Waals surface area (Å²) in [6, 6.07) is 0. The molecule has 0 aromatic carbocycles. The fraction of sp³-hybridized carbons (Fsp3) is 1.00. The Morgan fingerprint density at radius 1 is 1.13 bits per heavy atom. The summed E-state index contributed by atoms with van der Waals surface area (Å²) in [6.45, 7) is 12.5. The van der Waals surface area contributed by atoms with Gasteiger partial charge in [0.2, 0.25) is 0 Å². The van der Waals surface area contributed by atoms with Crippen LogP contribution in [-0.4, -0.2) is 22.4 Å². The molecular weight excluding hydrogens is 194 g/mol. The molecule has 90 valence electrons. The third-order valence-corrected chi connectivity index (χ3v) is 2.12. The van der Waals surface area contributed by atoms with Crippen LogP contribution < -0.4 is 0 Å². The van der Waals surface area contributed by atoms with Crippen molar-refractivity contribution in [1.29, 1.82) is 0 Å². The van der Waals surface area contributed by atoms with Crippen LogP contribution in [0.4, 0.5) is 0 Å². The highest BCUT2D eigenvalue weighted by Crippen LogP contribution is 2.23. The number of nitrogens with zero attached hydrogens (tertiary/aromatic N) is 3. The second-order valence-electron chi connectivity index (χ2n) is 5.94. The largest absolute Gasteiger partial charge is 0.724 e. The zero-order valence-corrected chi connectivity index (χ0v) is 10.6. The van der Waals surface area contributed by atoms with E-state index < -0.39 is 0 Å². The molecule has 5 nitrogen and oxygen atoms in total. The number of hydrazine groups is 1. The van der Waals surface area contributed by atoms with Crippen molar-refractivity contribution in [2.45, 2.75) is 53.5 Å². The molecule has 0 spiro atoms. The van der Waals surface area contributed by atoms with Gasteiger partial charge in [0, 0.05) is 12.1 Å². The minimum absolute atomic E-state index is 0.132. The van der Waals surface area contributed by atoms with E-state index in [2.05, 4.69) is 26.1 Å². The molecule has 0 radical (unpaired) electrons. The molecule has 0 aliphatic heterocycles. The Morgan fingerprint density at radius 2 is 1.60 bits per heavy atom. The van der Waals surface area contributed by atoms with Gasteiger partial charge in [-0.1, -0.05) is 20.8 Å². The van der Waals surface area contributed by atoms with Crippen molar-refractivity contribution in [2.24, 2.45) is 10.7 Å². The van der Waals surface area contributed by atoms with Gasteiger partial charge in [-0.3, -0.25) is 5.28 Å². The van der Waals surface area contributed by atoms with Crippen LogP contribution in [0.5, 0.6) is 0 Å². The Balaban J connectivity index is 4.47. The molecule has 0 fully saturated rings. The second kappa shape index (κ2) is 4.90. The molecule has 0 aliphatic rings. The minimum atomic E-state index is -0.388. The maximum atomic E-state index is 11.2. The average Bonchev–Trinajstić information content (AvgIpc) is 1.99. The van der Waals surface area contributed by atoms with Crippen molar-refractivity contribution in [2.75, 3.05) is 6.54 Å². The number of hydrogen-bond donors (Lipinski definition) is 0. The van der Waals surface area contributed by atoms with Crippen molar-refractivity contribution in [3.8, 4) is 0 Å². The van der Waals surface area contributed by atoms with Gasteiger partial charge in [0.1, 0.15) is 0 Å². The van der Waals surface area contributed by atoms with Crippen molar-refractivity contribution < 1.29 is 0 Å². The van der Waals surface area contributed by atoms with E-state index >= 15 is 0 Å². The predicted octanol–water partition coefficient (Wildman–Crippen LogP) is 2.92. The first-order valence-electron chi connectivity index (χ1n) is 5.16. The number of nitroso groups, excluding NO2 is 1. The second-order valence-corrected chi connectivity index (χ2v) is 5.94. The minimum Gasteiger partial charge on any atom is -0.724 e. The van der Waals surface area contributed by atoms with Gasteiger partial charge in [-0.25, -0.2) is 5.01 Å². The van der Waals surface area contributed by atoms with Gasteiger partial charge in [0.05, 0.1) is 5.29 Å². The number of rotatable bonds is 4. The van der Waals surface area contributed by atoms with Gasteiger partial charge in [-0.15, -0.1) is 4.91 Å². The van der Waals surface area contributed by atoms with Gasteiger partial charge < -0.3 is 5.21 Å². The molecule has 5 heteroatoms. The van der Waals surface area contributed by atoms with Crippen LogP contribution in [0.1, 0.15) is 48.0 Å². The zero-order valence-electron chi connectivity index (χ0n) is 10.6. The maximum Gasteiger partial charge on any atom is 0.0579 e. The molecule has 0 rings (SSSR count). The SMILES string of the molecule is CC(C)(C)CCN(N([O-])N=O)C(C)(C)C. The van der Waals surface area contributed by atoms with E-state index in [1.54, 1.807) is 0 Å². The molecule has 0 N–H and O–H groups in total. The number of hydrogen-bond acceptors (Lipinski definition) is 4. The molecule has 0 aromatic rings. The standard InChI is InChI=1S/C10H22N3O2/c1-9(2,3)7-8-12(10(4,5)6)13(15)11-14/h7-8H2,1-6H3/q-1. The molecular formula is C10H22N3O2-. The molecule has 0 aromatic heterocycles. The topological polar surface area (TPSA) is 59.0 Å². The first kappa shape index (κ1) is 14.3. The monoisotopic (exact) mass is 216 g/mol. The molecule has 15 heavy (non-hydrogen) atoms. The summed E-state index contributed by atoms with van der Waals surface area (Å²) in [5.74, 6) is 0. The molecule has 0 heterocycles. The first-order valence-corrected chi connectivity index (χ1v) is 5.16. The van der Waals surface area contributed by atoms with Crippen molar-refractivity contribution in [1.82, 2.24) is 10.3 Å². The Labute approximate surface area is 91.9 Å². The molecule has 0 unspecified atom stereocenters. The lowest BCUT2D eigenvalue weighted by Gasteiger charge is -2.44. The van der Waals surface area contributed by atoms with Crippen molar-refractivity contribution >= 4 is 0 Å². The highest BCUT2D eigenvalue weighted by molar-refractivity contribution is 4.76. The normalized spacial score (nSPS) is 13.1. The molecule has 0 atom stereocenters. The van der Waals surface area contributed by atoms with Crippen LogP contribution in [0.2, 0.25) is 0 Å². The van der Waals surface area contributed by atoms with E-state index in [1.807, 2.05) is 20.8 Å². The summed E-state index contributed by atoms with van der Waals surface area (Å²) < 4.78 is 0. The highest BCUT2D eigenvalue weighted by Gasteiger charge is 2.24. The summed E-state index contributed by atoms with van der Waals surface area (Å²) in [5.41, 5.74) is -0.256. The van der Waals surface area contributed by atoms with Crippen molar-refractivity contribution in [3.63, 3.8) is 0 Å². The van der Waals surface area contributed by atoms with Gasteiger partial charge >= 0.3 is 0 Å². The Kier molecular flexibility index (Phi) is 4.67. The molecule has 0 saturated carbocycles. The van der Waals surface area contributed by atoms with Crippen LogP contribution in [0.15, 0.2) is 5.29 Å². The van der Waals surface area contributed by atoms with E-state index in [-0.39, 0.29) is 16.2 Å². The lowest BCUT2D eigenvalue weighted by molar-refractivity contribution is -0.0615. The van der Waals surface area contributed by atoms with E-state index in [0.29, 0.717) is 6.54 Å². The van der Waals surface area contributed by atoms with Crippen LogP contribution in [0.3, 0.4) is 0 Å². The quantitative estimate of drug-likeness (QED) is 0.535. The van der Waals surface area contributed by atoms with Gasteiger partial charge in [-0.05, 0) is 32.6 Å². The third kappa shape index (κ3) is 5.69. The average molecular weight is 216 g/mol. The smallest absolute Gasteiger partial charge is 0.0579 e. The summed E-state index contributed by atoms with van der Waals surface area (Å²) in [5, 5.41) is 15.2. The fourth-order valence-corrected chi connectivity index (χ4v) is 1.16. The third-order valence-electron chi connectivity index (χ3n) is 2.12. The Bertz CT molecular complexity index is 206. The molecule has 0 saturated heterocycles. The van der Waals surface area contributed by atoms with Gasteiger partial charge in [0.25, 0.3) is 0 Å². The summed E-state index contributed by atoms with van der Waals surface area (Å²) in [4.78, 5) is 10.2. The van der Waals surface area contributed by atoms with Crippen molar-refractivity contribution in [3.05, 3.63) is 10.1 Å². The lowest BCUT2D eigenvalue weighted by atomic mass is 9.91. The molecule has 0 aliphatic carbocycles. The van der Waals surface area contributed by atoms with Crippen LogP contribution in [0.25, 0.3) is 0 Å². The Hall–Kier alpha value is -0.680. The first-order chi connectivity index (χ1) is 6.58. The van der Waals surface area contributed by atoms with Gasteiger partial charge in [0.15, 0.2) is 0 Å². The van der Waals surface area contributed by atoms with Crippen LogP contribution in [-0.2, 0) is 0 Å². The zero-order chi connectivity index (χ0) is 12.3. The Morgan fingerprint density at radius 3 is 1.87 bits per heavy atom. The van der Waals surface area contributed by atoms with E-state index in [9.17, 15) is 10.1 Å². The highest BCUT2D eigenvalue weighted by atomic mass is 16.6. The van der Waals surface area contributed by atoms with Gasteiger partial charge in [-0.2, -0.15) is 0 Å². The summed E-state index contributed by atoms with van der Waals surface area (Å²) >= 11 is 0. The van der Waals surface area contributed by atoms with E-state index in [0.717, 1.165) is 6.42 Å². The summed E-state index contributed by atoms with van der Waals surface area (Å²) in [6.07, 6.45) is 0.832. The maximum absolute atomic E-state index is 11.2. The van der Waals surface area contributed by atoms with Crippen LogP contribution >= 0.6 is 0 Å². The molecule has 0 bridgehead atoms. The summed E-state index contributed by atoms with van der Waals surface area (Å²) in [7, 11) is 0. The lowest BCUT2D eigenvalue weighted by Crippen LogP contribution is -2.49.